The maximum atomic E-state index is 11.7. The predicted molar refractivity (Wildman–Crippen MR) is 69.7 cm³/mol. The van der Waals surface area contributed by atoms with E-state index in [1.165, 1.54) is 4.31 Å². The molecule has 0 unspecified atom stereocenters. The molecule has 0 aromatic heterocycles. The number of ether oxygens (including phenoxy) is 1. The monoisotopic (exact) mass is 294 g/mol. The van der Waals surface area contributed by atoms with Crippen molar-refractivity contribution in [3.8, 4) is 0 Å². The summed E-state index contributed by atoms with van der Waals surface area (Å²) in [5.74, 6) is -0.278. The number of piperidine rings is 1. The van der Waals surface area contributed by atoms with Crippen LogP contribution in [0.3, 0.4) is 0 Å². The van der Waals surface area contributed by atoms with Gasteiger partial charge in [-0.2, -0.15) is 0 Å². The smallest absolute Gasteiger partial charge is 0.246 e. The van der Waals surface area contributed by atoms with Gasteiger partial charge in [0.05, 0.1) is 19.0 Å². The van der Waals surface area contributed by atoms with Crippen molar-refractivity contribution in [3.05, 3.63) is 0 Å². The van der Waals surface area contributed by atoms with Crippen LogP contribution in [0, 0.1) is 5.92 Å². The van der Waals surface area contributed by atoms with Gasteiger partial charge in [0.25, 0.3) is 0 Å². The van der Waals surface area contributed by atoms with Crippen LogP contribution in [0.4, 0.5) is 0 Å². The molecule has 0 bridgehead atoms. The number of hydroxylamine groups is 1. The van der Waals surface area contributed by atoms with Gasteiger partial charge in [0.15, 0.2) is 0 Å². The van der Waals surface area contributed by atoms with E-state index in [2.05, 4.69) is 5.48 Å². The van der Waals surface area contributed by atoms with Gasteiger partial charge in [-0.1, -0.05) is 0 Å². The van der Waals surface area contributed by atoms with E-state index in [1.54, 1.807) is 14.0 Å². The number of amides is 1. The molecule has 0 atom stereocenters. The topological polar surface area (TPSA) is 84.9 Å². The Morgan fingerprint density at radius 2 is 1.95 bits per heavy atom. The van der Waals surface area contributed by atoms with Gasteiger partial charge in [-0.05, 0) is 19.8 Å². The molecule has 1 heterocycles. The number of carbonyl (C=O) groups excluding carboxylic acids is 1. The van der Waals surface area contributed by atoms with Crippen LogP contribution in [-0.4, -0.2) is 57.8 Å². The molecule has 112 valence electrons. The van der Waals surface area contributed by atoms with Crippen LogP contribution in [-0.2, 0) is 24.4 Å². The van der Waals surface area contributed by atoms with Gasteiger partial charge in [-0.25, -0.2) is 18.2 Å². The molecule has 0 saturated carbocycles. The van der Waals surface area contributed by atoms with Gasteiger partial charge in [-0.15, -0.1) is 0 Å². The Labute approximate surface area is 114 Å². The maximum Gasteiger partial charge on any atom is 0.246 e. The number of rotatable bonds is 7. The highest BCUT2D eigenvalue weighted by molar-refractivity contribution is 7.89. The van der Waals surface area contributed by atoms with Gasteiger partial charge >= 0.3 is 0 Å². The van der Waals surface area contributed by atoms with Gasteiger partial charge in [0.1, 0.15) is 0 Å². The summed E-state index contributed by atoms with van der Waals surface area (Å²) in [4.78, 5) is 16.7. The number of sulfonamides is 1. The van der Waals surface area contributed by atoms with Crippen molar-refractivity contribution in [3.63, 3.8) is 0 Å². The van der Waals surface area contributed by atoms with Crippen molar-refractivity contribution in [1.82, 2.24) is 9.79 Å². The van der Waals surface area contributed by atoms with Crippen molar-refractivity contribution < 1.29 is 22.8 Å². The molecule has 1 N–H and O–H groups in total. The summed E-state index contributed by atoms with van der Waals surface area (Å²) < 4.78 is 29.6. The second-order valence-electron chi connectivity index (χ2n) is 4.38. The molecule has 1 saturated heterocycles. The number of nitrogens with zero attached hydrogens (tertiary/aromatic N) is 1. The van der Waals surface area contributed by atoms with Crippen LogP contribution in [0.2, 0.25) is 0 Å². The van der Waals surface area contributed by atoms with E-state index in [0.717, 1.165) is 0 Å². The van der Waals surface area contributed by atoms with E-state index >= 15 is 0 Å². The molecular weight excluding hydrogens is 272 g/mol. The number of hydrogen-bond donors (Lipinski definition) is 1. The van der Waals surface area contributed by atoms with Gasteiger partial charge < -0.3 is 4.74 Å². The molecule has 19 heavy (non-hydrogen) atoms. The minimum atomic E-state index is -3.14. The molecule has 1 rings (SSSR count). The zero-order chi connectivity index (χ0) is 14.3. The van der Waals surface area contributed by atoms with Crippen molar-refractivity contribution in [1.29, 1.82) is 0 Å². The van der Waals surface area contributed by atoms with Crippen LogP contribution < -0.4 is 5.48 Å². The third-order valence-electron chi connectivity index (χ3n) is 3.15. The second-order valence-corrected chi connectivity index (χ2v) is 6.64. The largest absolute Gasteiger partial charge is 0.382 e. The van der Waals surface area contributed by atoms with E-state index in [4.69, 9.17) is 9.57 Å². The Bertz CT molecular complexity index is 377. The normalized spacial score (nSPS) is 18.4. The fourth-order valence-corrected chi connectivity index (χ4v) is 3.04. The Balaban J connectivity index is 2.31. The van der Waals surface area contributed by atoms with Crippen LogP contribution >= 0.6 is 0 Å². The summed E-state index contributed by atoms with van der Waals surface area (Å²) in [5, 5.41) is 0. The summed E-state index contributed by atoms with van der Waals surface area (Å²) in [6.07, 6.45) is 1.05. The minimum Gasteiger partial charge on any atom is -0.382 e. The van der Waals surface area contributed by atoms with Crippen molar-refractivity contribution in [2.75, 3.05) is 39.2 Å². The van der Waals surface area contributed by atoms with Crippen molar-refractivity contribution >= 4 is 15.9 Å². The Morgan fingerprint density at radius 3 is 2.47 bits per heavy atom. The molecule has 0 radical (unpaired) electrons. The third kappa shape index (κ3) is 5.06. The van der Waals surface area contributed by atoms with E-state index in [0.29, 0.717) is 39.1 Å². The lowest BCUT2D eigenvalue weighted by Gasteiger charge is -2.30. The molecule has 0 spiro atoms. The maximum absolute atomic E-state index is 11.7. The third-order valence-corrected chi connectivity index (χ3v) is 5.03. The van der Waals surface area contributed by atoms with Crippen LogP contribution in [0.5, 0.6) is 0 Å². The first kappa shape index (κ1) is 16.4. The Kier molecular flexibility index (Phi) is 6.70. The molecule has 1 amide bonds. The van der Waals surface area contributed by atoms with Crippen LogP contribution in [0.1, 0.15) is 19.8 Å². The predicted octanol–water partition coefficient (Wildman–Crippen LogP) is -0.258. The number of hydrogen-bond acceptors (Lipinski definition) is 5. The Morgan fingerprint density at radius 1 is 1.32 bits per heavy atom. The summed E-state index contributed by atoms with van der Waals surface area (Å²) in [6, 6.07) is 0. The van der Waals surface area contributed by atoms with Crippen molar-refractivity contribution in [2.45, 2.75) is 19.8 Å². The lowest BCUT2D eigenvalue weighted by atomic mass is 9.98. The first-order valence-corrected chi connectivity index (χ1v) is 8.00. The van der Waals surface area contributed by atoms with Crippen LogP contribution in [0.15, 0.2) is 0 Å². The number of methoxy groups -OCH3 is 1. The quantitative estimate of drug-likeness (QED) is 0.516. The lowest BCUT2D eigenvalue weighted by molar-refractivity contribution is -0.139. The molecule has 8 heteroatoms. The average molecular weight is 294 g/mol. The highest BCUT2D eigenvalue weighted by Crippen LogP contribution is 2.19. The van der Waals surface area contributed by atoms with E-state index in [-0.39, 0.29) is 17.6 Å². The highest BCUT2D eigenvalue weighted by atomic mass is 32.2. The van der Waals surface area contributed by atoms with Gasteiger partial charge in [0.2, 0.25) is 15.9 Å². The fourth-order valence-electron chi connectivity index (χ4n) is 1.91. The van der Waals surface area contributed by atoms with E-state index in [9.17, 15) is 13.2 Å². The summed E-state index contributed by atoms with van der Waals surface area (Å²) in [5.41, 5.74) is 2.37. The molecule has 1 fully saturated rings. The molecule has 1 aliphatic rings. The fraction of sp³-hybridized carbons (Fsp3) is 0.909. The summed E-state index contributed by atoms with van der Waals surface area (Å²) >= 11 is 0. The zero-order valence-electron chi connectivity index (χ0n) is 11.4. The number of carbonyl (C=O) groups is 1. The lowest BCUT2D eigenvalue weighted by Crippen LogP contribution is -2.43. The first-order chi connectivity index (χ1) is 9.01. The molecule has 1 aliphatic heterocycles. The summed E-state index contributed by atoms with van der Waals surface area (Å²) in [7, 11) is -1.59. The first-order valence-electron chi connectivity index (χ1n) is 6.39. The molecule has 0 aromatic carbocycles. The average Bonchev–Trinajstić information content (AvgIpc) is 2.43. The summed E-state index contributed by atoms with van der Waals surface area (Å²) in [6.45, 7) is 3.12. The van der Waals surface area contributed by atoms with Gasteiger partial charge in [-0.3, -0.25) is 9.63 Å². The number of nitrogens with one attached hydrogen (secondary N) is 1. The standard InChI is InChI=1S/C11H22N2O5S/c1-3-19(15,16)13-6-4-10(5-7-13)11(14)12-18-9-8-17-2/h10H,3-9H2,1-2H3,(H,12,14). The second kappa shape index (κ2) is 7.78. The van der Waals surface area contributed by atoms with E-state index < -0.39 is 10.0 Å². The van der Waals surface area contributed by atoms with E-state index in [1.807, 2.05) is 0 Å². The minimum absolute atomic E-state index is 0.101. The molecular formula is C11H22N2O5S. The van der Waals surface area contributed by atoms with Crippen LogP contribution in [0.25, 0.3) is 0 Å². The molecule has 0 aromatic rings. The highest BCUT2D eigenvalue weighted by Gasteiger charge is 2.30. The van der Waals surface area contributed by atoms with Gasteiger partial charge in [0, 0.05) is 26.1 Å². The molecule has 7 nitrogen and oxygen atoms in total. The SMILES string of the molecule is CCS(=O)(=O)N1CCC(C(=O)NOCCOC)CC1. The molecule has 0 aliphatic carbocycles. The van der Waals surface area contributed by atoms with Crippen molar-refractivity contribution in [2.24, 2.45) is 5.92 Å². The Hall–Kier alpha value is -0.700. The zero-order valence-corrected chi connectivity index (χ0v) is 12.2.